The quantitative estimate of drug-likeness (QED) is 0.759. The summed E-state index contributed by atoms with van der Waals surface area (Å²) in [6, 6.07) is 20.2. The van der Waals surface area contributed by atoms with E-state index in [1.807, 2.05) is 36.4 Å². The standard InChI is InChI=1S/C20H24N2O2/c21-19(23)20(24)22(15-7-13-17-9-3-1-4-10-17)16-8-14-18-11-5-2-6-12-18/h1-6,9-12H,7-8,13-16H2,(H2,21,23). The molecular weight excluding hydrogens is 300 g/mol. The van der Waals surface area contributed by atoms with E-state index in [0.29, 0.717) is 13.1 Å². The van der Waals surface area contributed by atoms with Gasteiger partial charge in [-0.3, -0.25) is 9.59 Å². The third-order valence-electron chi connectivity index (χ3n) is 3.97. The molecule has 0 aliphatic carbocycles. The fraction of sp³-hybridized carbons (Fsp3) is 0.300. The maximum Gasteiger partial charge on any atom is 0.311 e. The van der Waals surface area contributed by atoms with E-state index in [1.165, 1.54) is 11.1 Å². The molecule has 0 atom stereocenters. The van der Waals surface area contributed by atoms with Crippen molar-refractivity contribution in [2.45, 2.75) is 25.7 Å². The van der Waals surface area contributed by atoms with E-state index < -0.39 is 11.8 Å². The molecule has 0 saturated carbocycles. The fourth-order valence-electron chi connectivity index (χ4n) is 2.71. The molecule has 0 bridgehead atoms. The van der Waals surface area contributed by atoms with Gasteiger partial charge in [-0.1, -0.05) is 60.7 Å². The second-order valence-electron chi connectivity index (χ2n) is 5.83. The molecule has 2 rings (SSSR count). The lowest BCUT2D eigenvalue weighted by Crippen LogP contribution is -2.41. The molecule has 4 heteroatoms. The molecule has 0 unspecified atom stereocenters. The first-order valence-electron chi connectivity index (χ1n) is 8.33. The van der Waals surface area contributed by atoms with Gasteiger partial charge in [0.2, 0.25) is 0 Å². The summed E-state index contributed by atoms with van der Waals surface area (Å²) in [5, 5.41) is 0. The number of amides is 2. The Morgan fingerprint density at radius 1 is 0.750 bits per heavy atom. The first-order valence-corrected chi connectivity index (χ1v) is 8.33. The van der Waals surface area contributed by atoms with Crippen LogP contribution in [0.2, 0.25) is 0 Å². The van der Waals surface area contributed by atoms with Crippen LogP contribution in [0.15, 0.2) is 60.7 Å². The fourth-order valence-corrected chi connectivity index (χ4v) is 2.71. The van der Waals surface area contributed by atoms with Gasteiger partial charge >= 0.3 is 11.8 Å². The lowest BCUT2D eigenvalue weighted by atomic mass is 10.1. The Bertz CT molecular complexity index is 596. The molecule has 0 radical (unpaired) electrons. The molecule has 0 aliphatic rings. The molecule has 2 aromatic rings. The monoisotopic (exact) mass is 324 g/mol. The molecule has 126 valence electrons. The van der Waals surface area contributed by atoms with E-state index in [2.05, 4.69) is 24.3 Å². The number of hydrogen-bond donors (Lipinski definition) is 1. The summed E-state index contributed by atoms with van der Waals surface area (Å²) in [6.45, 7) is 1.09. The second kappa shape index (κ2) is 9.50. The number of primary amides is 1. The maximum absolute atomic E-state index is 12.0. The van der Waals surface area contributed by atoms with Gasteiger partial charge in [0, 0.05) is 13.1 Å². The van der Waals surface area contributed by atoms with Gasteiger partial charge in [0.15, 0.2) is 0 Å². The highest BCUT2D eigenvalue weighted by molar-refractivity contribution is 6.34. The zero-order valence-corrected chi connectivity index (χ0v) is 13.9. The molecule has 0 aliphatic heterocycles. The molecule has 4 nitrogen and oxygen atoms in total. The summed E-state index contributed by atoms with van der Waals surface area (Å²) in [6.07, 6.45) is 3.38. The highest BCUT2D eigenvalue weighted by atomic mass is 16.2. The minimum atomic E-state index is -0.880. The highest BCUT2D eigenvalue weighted by Crippen LogP contribution is 2.07. The van der Waals surface area contributed by atoms with Crippen molar-refractivity contribution in [2.75, 3.05) is 13.1 Å². The van der Waals surface area contributed by atoms with Crippen LogP contribution < -0.4 is 5.73 Å². The third-order valence-corrected chi connectivity index (χ3v) is 3.97. The zero-order chi connectivity index (χ0) is 17.2. The van der Waals surface area contributed by atoms with E-state index in [0.717, 1.165) is 25.7 Å². The summed E-state index contributed by atoms with van der Waals surface area (Å²) in [4.78, 5) is 24.8. The van der Waals surface area contributed by atoms with Crippen molar-refractivity contribution >= 4 is 11.8 Å². The summed E-state index contributed by atoms with van der Waals surface area (Å²) < 4.78 is 0. The van der Waals surface area contributed by atoms with E-state index in [1.54, 1.807) is 4.90 Å². The Hall–Kier alpha value is -2.62. The van der Waals surface area contributed by atoms with Crippen LogP contribution in [0.4, 0.5) is 0 Å². The lowest BCUT2D eigenvalue weighted by Gasteiger charge is -2.21. The van der Waals surface area contributed by atoms with Crippen LogP contribution >= 0.6 is 0 Å². The molecule has 2 amide bonds. The van der Waals surface area contributed by atoms with Crippen LogP contribution in [0.3, 0.4) is 0 Å². The van der Waals surface area contributed by atoms with Crippen LogP contribution in [0.5, 0.6) is 0 Å². The maximum atomic E-state index is 12.0. The largest absolute Gasteiger partial charge is 0.361 e. The minimum absolute atomic E-state index is 0.547. The van der Waals surface area contributed by atoms with Crippen LogP contribution in [0, 0.1) is 0 Å². The molecule has 0 heterocycles. The van der Waals surface area contributed by atoms with E-state index >= 15 is 0 Å². The number of carbonyl (C=O) groups excluding carboxylic acids is 2. The van der Waals surface area contributed by atoms with E-state index in [9.17, 15) is 9.59 Å². The molecule has 0 spiro atoms. The summed E-state index contributed by atoms with van der Waals surface area (Å²) in [5.74, 6) is -1.47. The normalized spacial score (nSPS) is 10.3. The van der Waals surface area contributed by atoms with Crippen LogP contribution in [-0.2, 0) is 22.4 Å². The average molecular weight is 324 g/mol. The third kappa shape index (κ3) is 5.88. The van der Waals surface area contributed by atoms with Gasteiger partial charge in [-0.05, 0) is 36.8 Å². The van der Waals surface area contributed by atoms with Crippen molar-refractivity contribution in [3.63, 3.8) is 0 Å². The molecule has 0 fully saturated rings. The summed E-state index contributed by atoms with van der Waals surface area (Å²) in [7, 11) is 0. The molecule has 24 heavy (non-hydrogen) atoms. The van der Waals surface area contributed by atoms with Crippen LogP contribution in [0.25, 0.3) is 0 Å². The number of rotatable bonds is 8. The van der Waals surface area contributed by atoms with Crippen molar-refractivity contribution in [3.05, 3.63) is 71.8 Å². The van der Waals surface area contributed by atoms with Gasteiger partial charge in [0.1, 0.15) is 0 Å². The lowest BCUT2D eigenvalue weighted by molar-refractivity contribution is -0.144. The first kappa shape index (κ1) is 17.7. The van der Waals surface area contributed by atoms with Gasteiger partial charge in [-0.25, -0.2) is 0 Å². The van der Waals surface area contributed by atoms with Gasteiger partial charge in [-0.2, -0.15) is 0 Å². The van der Waals surface area contributed by atoms with Gasteiger partial charge in [0.25, 0.3) is 0 Å². The van der Waals surface area contributed by atoms with Gasteiger partial charge in [0.05, 0.1) is 0 Å². The molecule has 2 N–H and O–H groups in total. The number of nitrogens with two attached hydrogens (primary N) is 1. The van der Waals surface area contributed by atoms with Crippen molar-refractivity contribution in [1.29, 1.82) is 0 Å². The van der Waals surface area contributed by atoms with E-state index in [-0.39, 0.29) is 0 Å². The number of hydrogen-bond acceptors (Lipinski definition) is 2. The van der Waals surface area contributed by atoms with Crippen molar-refractivity contribution in [3.8, 4) is 0 Å². The Morgan fingerprint density at radius 2 is 1.17 bits per heavy atom. The first-order chi connectivity index (χ1) is 11.7. The van der Waals surface area contributed by atoms with E-state index in [4.69, 9.17) is 5.73 Å². The molecule has 2 aromatic carbocycles. The Labute approximate surface area is 143 Å². The Kier molecular flexibility index (Phi) is 7.02. The van der Waals surface area contributed by atoms with Crippen molar-refractivity contribution in [2.24, 2.45) is 5.73 Å². The summed E-state index contributed by atoms with van der Waals surface area (Å²) >= 11 is 0. The zero-order valence-electron chi connectivity index (χ0n) is 13.9. The Morgan fingerprint density at radius 3 is 1.54 bits per heavy atom. The van der Waals surface area contributed by atoms with Crippen molar-refractivity contribution in [1.82, 2.24) is 4.90 Å². The molecular formula is C20H24N2O2. The number of benzene rings is 2. The smallest absolute Gasteiger partial charge is 0.311 e. The minimum Gasteiger partial charge on any atom is -0.361 e. The molecule has 0 saturated heterocycles. The van der Waals surface area contributed by atoms with Crippen molar-refractivity contribution < 1.29 is 9.59 Å². The SMILES string of the molecule is NC(=O)C(=O)N(CCCc1ccccc1)CCCc1ccccc1. The van der Waals surface area contributed by atoms with Gasteiger partial charge < -0.3 is 10.6 Å². The number of aryl methyl sites for hydroxylation is 2. The molecule has 0 aromatic heterocycles. The summed E-state index contributed by atoms with van der Waals surface area (Å²) in [5.41, 5.74) is 7.63. The number of carbonyl (C=O) groups is 2. The topological polar surface area (TPSA) is 63.4 Å². The Balaban J connectivity index is 1.82. The predicted molar refractivity (Wildman–Crippen MR) is 95.3 cm³/mol. The number of nitrogens with zero attached hydrogens (tertiary/aromatic N) is 1. The average Bonchev–Trinajstić information content (AvgIpc) is 2.61. The predicted octanol–water partition coefficient (Wildman–Crippen LogP) is 2.57. The van der Waals surface area contributed by atoms with Crippen LogP contribution in [0.1, 0.15) is 24.0 Å². The van der Waals surface area contributed by atoms with Crippen LogP contribution in [-0.4, -0.2) is 29.8 Å². The highest BCUT2D eigenvalue weighted by Gasteiger charge is 2.18. The second-order valence-corrected chi connectivity index (χ2v) is 5.83. The van der Waals surface area contributed by atoms with Gasteiger partial charge in [-0.15, -0.1) is 0 Å².